The average molecular weight is 281 g/mol. The Bertz CT molecular complexity index is 419. The van der Waals surface area contributed by atoms with Crippen molar-refractivity contribution >= 4 is 0 Å². The molecule has 0 aromatic heterocycles. The fraction of sp³-hybridized carbons (Fsp3) is 0.625. The zero-order valence-corrected chi connectivity index (χ0v) is 12.3. The summed E-state index contributed by atoms with van der Waals surface area (Å²) in [5.74, 6) is 0.0539. The van der Waals surface area contributed by atoms with E-state index in [4.69, 9.17) is 9.47 Å². The van der Waals surface area contributed by atoms with Crippen molar-refractivity contribution in [2.45, 2.75) is 45.3 Å². The molecule has 0 aliphatic carbocycles. The minimum Gasteiger partial charge on any atom is -0.487 e. The Balaban J connectivity index is 2.04. The Morgan fingerprint density at radius 2 is 2.30 bits per heavy atom. The van der Waals surface area contributed by atoms with Gasteiger partial charge >= 0.3 is 0 Å². The molecule has 2 atom stereocenters. The van der Waals surface area contributed by atoms with Gasteiger partial charge in [-0.1, -0.05) is 19.1 Å². The quantitative estimate of drug-likeness (QED) is 0.866. The van der Waals surface area contributed by atoms with E-state index in [1.165, 1.54) is 6.07 Å². The molecule has 0 spiro atoms. The predicted octanol–water partition coefficient (Wildman–Crippen LogP) is 3.44. The number of ether oxygens (including phenoxy) is 2. The molecule has 4 heteroatoms. The number of benzene rings is 1. The highest BCUT2D eigenvalue weighted by Gasteiger charge is 2.19. The molecule has 112 valence electrons. The maximum Gasteiger partial charge on any atom is 0.165 e. The topological polar surface area (TPSA) is 30.5 Å². The molecular formula is C16H24FNO2. The van der Waals surface area contributed by atoms with Gasteiger partial charge in [-0.15, -0.1) is 0 Å². The summed E-state index contributed by atoms with van der Waals surface area (Å²) in [6, 6.07) is 5.15. The molecule has 20 heavy (non-hydrogen) atoms. The Morgan fingerprint density at radius 3 is 3.00 bits per heavy atom. The molecule has 0 radical (unpaired) electrons. The van der Waals surface area contributed by atoms with Crippen molar-refractivity contribution in [3.05, 3.63) is 29.6 Å². The Kier molecular flexibility index (Phi) is 5.80. The van der Waals surface area contributed by atoms with E-state index < -0.39 is 0 Å². The van der Waals surface area contributed by atoms with Crippen LogP contribution in [0.4, 0.5) is 4.39 Å². The highest BCUT2D eigenvalue weighted by Crippen LogP contribution is 2.28. The predicted molar refractivity (Wildman–Crippen MR) is 77.6 cm³/mol. The van der Waals surface area contributed by atoms with Crippen LogP contribution in [0.5, 0.6) is 5.75 Å². The monoisotopic (exact) mass is 281 g/mol. The van der Waals surface area contributed by atoms with E-state index in [9.17, 15) is 4.39 Å². The van der Waals surface area contributed by atoms with Gasteiger partial charge in [0, 0.05) is 18.2 Å². The summed E-state index contributed by atoms with van der Waals surface area (Å²) < 4.78 is 25.4. The van der Waals surface area contributed by atoms with Crippen LogP contribution < -0.4 is 10.1 Å². The van der Waals surface area contributed by atoms with Gasteiger partial charge in [-0.3, -0.25) is 0 Å². The van der Waals surface area contributed by atoms with E-state index in [-0.39, 0.29) is 18.0 Å². The van der Waals surface area contributed by atoms with E-state index >= 15 is 0 Å². The van der Waals surface area contributed by atoms with E-state index in [1.807, 2.05) is 19.9 Å². The summed E-state index contributed by atoms with van der Waals surface area (Å²) in [5.41, 5.74) is 0.864. The number of hydrogen-bond donors (Lipinski definition) is 1. The van der Waals surface area contributed by atoms with E-state index in [0.29, 0.717) is 12.4 Å². The SMILES string of the molecule is CCNC(C)c1cccc(F)c1OCC1CCCCO1. The van der Waals surface area contributed by atoms with Gasteiger partial charge in [-0.25, -0.2) is 4.39 Å². The highest BCUT2D eigenvalue weighted by molar-refractivity contribution is 5.37. The molecule has 1 aromatic carbocycles. The fourth-order valence-corrected chi connectivity index (χ4v) is 2.55. The van der Waals surface area contributed by atoms with Crippen molar-refractivity contribution in [2.75, 3.05) is 19.8 Å². The normalized spacial score (nSPS) is 20.6. The molecular weight excluding hydrogens is 257 g/mol. The minimum atomic E-state index is -0.303. The number of nitrogens with one attached hydrogen (secondary N) is 1. The summed E-state index contributed by atoms with van der Waals surface area (Å²) in [6.07, 6.45) is 3.35. The highest BCUT2D eigenvalue weighted by atomic mass is 19.1. The Morgan fingerprint density at radius 1 is 1.45 bits per heavy atom. The molecule has 1 N–H and O–H groups in total. The largest absolute Gasteiger partial charge is 0.487 e. The van der Waals surface area contributed by atoms with Crippen LogP contribution in [0.2, 0.25) is 0 Å². The standard InChI is InChI=1S/C16H24FNO2/c1-3-18-12(2)14-8-6-9-15(17)16(14)20-11-13-7-4-5-10-19-13/h6,8-9,12-13,18H,3-5,7,10-11H2,1-2H3. The van der Waals surface area contributed by atoms with E-state index in [2.05, 4.69) is 5.32 Å². The van der Waals surface area contributed by atoms with Gasteiger partial charge in [0.15, 0.2) is 11.6 Å². The van der Waals surface area contributed by atoms with Crippen LogP contribution >= 0.6 is 0 Å². The first-order valence-electron chi connectivity index (χ1n) is 7.48. The summed E-state index contributed by atoms with van der Waals surface area (Å²) in [7, 11) is 0. The molecule has 0 amide bonds. The smallest absolute Gasteiger partial charge is 0.165 e. The van der Waals surface area contributed by atoms with Crippen LogP contribution in [-0.2, 0) is 4.74 Å². The lowest BCUT2D eigenvalue weighted by atomic mass is 10.1. The molecule has 1 aliphatic rings. The molecule has 1 fully saturated rings. The summed E-state index contributed by atoms with van der Waals surface area (Å²) in [6.45, 7) is 6.09. The van der Waals surface area contributed by atoms with E-state index in [1.54, 1.807) is 6.07 Å². The second-order valence-electron chi connectivity index (χ2n) is 5.24. The number of hydrogen-bond acceptors (Lipinski definition) is 3. The summed E-state index contributed by atoms with van der Waals surface area (Å²) >= 11 is 0. The van der Waals surface area contributed by atoms with Crippen molar-refractivity contribution in [1.29, 1.82) is 0 Å². The molecule has 0 bridgehead atoms. The van der Waals surface area contributed by atoms with Crippen molar-refractivity contribution in [3.63, 3.8) is 0 Å². The Hall–Kier alpha value is -1.13. The van der Waals surface area contributed by atoms with E-state index in [0.717, 1.165) is 38.0 Å². The summed E-state index contributed by atoms with van der Waals surface area (Å²) in [4.78, 5) is 0. The van der Waals surface area contributed by atoms with Crippen LogP contribution in [0.1, 0.15) is 44.7 Å². The molecule has 0 saturated carbocycles. The van der Waals surface area contributed by atoms with Gasteiger partial charge in [-0.05, 0) is 38.8 Å². The van der Waals surface area contributed by atoms with Gasteiger partial charge in [-0.2, -0.15) is 0 Å². The first-order chi connectivity index (χ1) is 9.72. The number of rotatable bonds is 6. The van der Waals surface area contributed by atoms with Crippen molar-refractivity contribution in [1.82, 2.24) is 5.32 Å². The lowest BCUT2D eigenvalue weighted by molar-refractivity contribution is -0.0120. The molecule has 1 saturated heterocycles. The first kappa shape index (κ1) is 15.3. The van der Waals surface area contributed by atoms with Crippen LogP contribution in [0.15, 0.2) is 18.2 Å². The maximum atomic E-state index is 14.0. The zero-order valence-electron chi connectivity index (χ0n) is 12.3. The van der Waals surface area contributed by atoms with Crippen molar-refractivity contribution in [2.24, 2.45) is 0 Å². The second-order valence-corrected chi connectivity index (χ2v) is 5.24. The van der Waals surface area contributed by atoms with Gasteiger partial charge < -0.3 is 14.8 Å². The number of halogens is 1. The fourth-order valence-electron chi connectivity index (χ4n) is 2.55. The summed E-state index contributed by atoms with van der Waals surface area (Å²) in [5, 5.41) is 3.29. The molecule has 1 aliphatic heterocycles. The third-order valence-electron chi connectivity index (χ3n) is 3.66. The molecule has 2 rings (SSSR count). The maximum absolute atomic E-state index is 14.0. The third kappa shape index (κ3) is 3.93. The van der Waals surface area contributed by atoms with Crippen molar-refractivity contribution < 1.29 is 13.9 Å². The molecule has 3 nitrogen and oxygen atoms in total. The van der Waals surface area contributed by atoms with Gasteiger partial charge in [0.25, 0.3) is 0 Å². The molecule has 1 heterocycles. The lowest BCUT2D eigenvalue weighted by Gasteiger charge is -2.24. The average Bonchev–Trinajstić information content (AvgIpc) is 2.47. The molecule has 2 unspecified atom stereocenters. The first-order valence-corrected chi connectivity index (χ1v) is 7.48. The number of para-hydroxylation sites is 1. The third-order valence-corrected chi connectivity index (χ3v) is 3.66. The Labute approximate surface area is 120 Å². The second kappa shape index (κ2) is 7.60. The van der Waals surface area contributed by atoms with Crippen LogP contribution in [-0.4, -0.2) is 25.9 Å². The van der Waals surface area contributed by atoms with Crippen LogP contribution in [0, 0.1) is 5.82 Å². The van der Waals surface area contributed by atoms with Gasteiger partial charge in [0.2, 0.25) is 0 Å². The van der Waals surface area contributed by atoms with Crippen LogP contribution in [0.25, 0.3) is 0 Å². The van der Waals surface area contributed by atoms with Gasteiger partial charge in [0.05, 0.1) is 6.10 Å². The zero-order chi connectivity index (χ0) is 14.4. The lowest BCUT2D eigenvalue weighted by Crippen LogP contribution is -2.27. The van der Waals surface area contributed by atoms with Gasteiger partial charge in [0.1, 0.15) is 6.61 Å². The van der Waals surface area contributed by atoms with Crippen molar-refractivity contribution in [3.8, 4) is 5.75 Å². The molecule has 1 aromatic rings. The minimum absolute atomic E-state index is 0.0676. The van der Waals surface area contributed by atoms with Crippen LogP contribution in [0.3, 0.4) is 0 Å².